The fourth-order valence-corrected chi connectivity index (χ4v) is 1.56. The van der Waals surface area contributed by atoms with E-state index < -0.39 is 0 Å². The van der Waals surface area contributed by atoms with Crippen molar-refractivity contribution in [2.24, 2.45) is 0 Å². The maximum Gasteiger partial charge on any atom is 0.213 e. The van der Waals surface area contributed by atoms with Crippen LogP contribution in [0.3, 0.4) is 0 Å². The van der Waals surface area contributed by atoms with Crippen LogP contribution < -0.4 is 10.1 Å². The number of pyridine rings is 1. The van der Waals surface area contributed by atoms with Crippen molar-refractivity contribution in [3.05, 3.63) is 23.9 Å². The Morgan fingerprint density at radius 3 is 2.94 bits per heavy atom. The third-order valence-electron chi connectivity index (χ3n) is 2.43. The number of nitrogens with zero attached hydrogens (tertiary/aromatic N) is 1. The average molecular weight is 252 g/mol. The van der Waals surface area contributed by atoms with Gasteiger partial charge in [-0.25, -0.2) is 4.98 Å². The van der Waals surface area contributed by atoms with E-state index in [0.29, 0.717) is 19.1 Å². The number of ether oxygens (including phenoxy) is 2. The quantitative estimate of drug-likeness (QED) is 0.685. The molecule has 0 aliphatic heterocycles. The van der Waals surface area contributed by atoms with Gasteiger partial charge in [0.25, 0.3) is 0 Å². The summed E-state index contributed by atoms with van der Waals surface area (Å²) in [6.45, 7) is 9.30. The van der Waals surface area contributed by atoms with E-state index in [1.807, 2.05) is 26.0 Å². The summed E-state index contributed by atoms with van der Waals surface area (Å²) in [5, 5.41) is 3.36. The molecule has 18 heavy (non-hydrogen) atoms. The predicted molar refractivity (Wildman–Crippen MR) is 72.8 cm³/mol. The van der Waals surface area contributed by atoms with Crippen LogP contribution >= 0.6 is 0 Å². The molecule has 0 radical (unpaired) electrons. The monoisotopic (exact) mass is 252 g/mol. The Hall–Kier alpha value is -1.13. The third-order valence-corrected chi connectivity index (χ3v) is 2.43. The summed E-state index contributed by atoms with van der Waals surface area (Å²) in [6.07, 6.45) is 2.95. The number of rotatable bonds is 9. The minimum atomic E-state index is 0.0244. The summed E-state index contributed by atoms with van der Waals surface area (Å²) in [7, 11) is 0. The SMILES string of the molecule is CCCNCc1ccnc(OC(C)COCC)c1. The average Bonchev–Trinajstić information content (AvgIpc) is 2.37. The molecule has 0 saturated heterocycles. The number of hydrogen-bond acceptors (Lipinski definition) is 4. The first-order valence-corrected chi connectivity index (χ1v) is 6.66. The lowest BCUT2D eigenvalue weighted by atomic mass is 10.2. The molecule has 0 aromatic carbocycles. The van der Waals surface area contributed by atoms with Crippen molar-refractivity contribution in [2.45, 2.75) is 39.8 Å². The molecule has 1 atom stereocenters. The van der Waals surface area contributed by atoms with Crippen LogP contribution in [0.4, 0.5) is 0 Å². The van der Waals surface area contributed by atoms with Gasteiger partial charge in [0, 0.05) is 25.4 Å². The molecule has 1 heterocycles. The summed E-state index contributed by atoms with van der Waals surface area (Å²) in [6, 6.07) is 3.98. The molecule has 1 unspecified atom stereocenters. The van der Waals surface area contributed by atoms with Gasteiger partial charge in [-0.05, 0) is 38.4 Å². The summed E-state index contributed by atoms with van der Waals surface area (Å²) in [5.74, 6) is 0.665. The second-order valence-corrected chi connectivity index (χ2v) is 4.27. The standard InChI is InChI=1S/C14H24N2O2/c1-4-7-15-10-13-6-8-16-14(9-13)18-12(3)11-17-5-2/h6,8-9,12,15H,4-5,7,10-11H2,1-3H3. The molecule has 1 N–H and O–H groups in total. The summed E-state index contributed by atoms with van der Waals surface area (Å²) in [4.78, 5) is 4.21. The summed E-state index contributed by atoms with van der Waals surface area (Å²) >= 11 is 0. The second-order valence-electron chi connectivity index (χ2n) is 4.27. The highest BCUT2D eigenvalue weighted by atomic mass is 16.5. The van der Waals surface area contributed by atoms with Crippen LogP contribution in [-0.2, 0) is 11.3 Å². The third kappa shape index (κ3) is 5.98. The summed E-state index contributed by atoms with van der Waals surface area (Å²) < 4.78 is 11.0. The Kier molecular flexibility index (Phi) is 7.37. The summed E-state index contributed by atoms with van der Waals surface area (Å²) in [5.41, 5.74) is 1.19. The van der Waals surface area contributed by atoms with Crippen LogP contribution in [0.2, 0.25) is 0 Å². The van der Waals surface area contributed by atoms with Crippen LogP contribution in [0.25, 0.3) is 0 Å². The van der Waals surface area contributed by atoms with E-state index >= 15 is 0 Å². The Bertz CT molecular complexity index is 331. The van der Waals surface area contributed by atoms with E-state index in [9.17, 15) is 0 Å². The lowest BCUT2D eigenvalue weighted by Gasteiger charge is -2.14. The molecule has 4 nitrogen and oxygen atoms in total. The largest absolute Gasteiger partial charge is 0.472 e. The molecule has 1 aromatic rings. The van der Waals surface area contributed by atoms with E-state index in [2.05, 4.69) is 17.2 Å². The lowest BCUT2D eigenvalue weighted by molar-refractivity contribution is 0.0633. The molecule has 4 heteroatoms. The van der Waals surface area contributed by atoms with Crippen LogP contribution in [-0.4, -0.2) is 30.8 Å². The van der Waals surface area contributed by atoms with Gasteiger partial charge >= 0.3 is 0 Å². The Morgan fingerprint density at radius 2 is 2.22 bits per heavy atom. The second kappa shape index (κ2) is 8.89. The molecule has 0 bridgehead atoms. The van der Waals surface area contributed by atoms with Gasteiger partial charge in [-0.15, -0.1) is 0 Å². The molecule has 102 valence electrons. The van der Waals surface area contributed by atoms with Crippen LogP contribution in [0.5, 0.6) is 5.88 Å². The molecule has 0 aliphatic carbocycles. The molecule has 1 aromatic heterocycles. The Morgan fingerprint density at radius 1 is 1.39 bits per heavy atom. The first kappa shape index (κ1) is 14.9. The van der Waals surface area contributed by atoms with Gasteiger partial charge in [0.2, 0.25) is 5.88 Å². The van der Waals surface area contributed by atoms with Crippen LogP contribution in [0, 0.1) is 0 Å². The van der Waals surface area contributed by atoms with E-state index in [1.165, 1.54) is 5.56 Å². The predicted octanol–water partition coefficient (Wildman–Crippen LogP) is 2.39. The highest BCUT2D eigenvalue weighted by molar-refractivity contribution is 5.20. The van der Waals surface area contributed by atoms with E-state index in [-0.39, 0.29) is 6.10 Å². The highest BCUT2D eigenvalue weighted by Gasteiger charge is 2.05. The fraction of sp³-hybridized carbons (Fsp3) is 0.643. The molecule has 0 amide bonds. The van der Waals surface area contributed by atoms with Gasteiger partial charge in [-0.2, -0.15) is 0 Å². The van der Waals surface area contributed by atoms with Gasteiger partial charge < -0.3 is 14.8 Å². The smallest absolute Gasteiger partial charge is 0.213 e. The zero-order chi connectivity index (χ0) is 13.2. The fourth-order valence-electron chi connectivity index (χ4n) is 1.56. The van der Waals surface area contributed by atoms with Crippen molar-refractivity contribution >= 4 is 0 Å². The molecule has 1 rings (SSSR count). The van der Waals surface area contributed by atoms with Crippen molar-refractivity contribution in [3.8, 4) is 5.88 Å². The number of aromatic nitrogens is 1. The maximum atomic E-state index is 5.70. The lowest BCUT2D eigenvalue weighted by Crippen LogP contribution is -2.20. The molecule has 0 aliphatic rings. The van der Waals surface area contributed by atoms with Gasteiger partial charge in [0.15, 0.2) is 0 Å². The highest BCUT2D eigenvalue weighted by Crippen LogP contribution is 2.11. The van der Waals surface area contributed by atoms with Gasteiger partial charge in [0.1, 0.15) is 6.10 Å². The minimum Gasteiger partial charge on any atom is -0.472 e. The Labute approximate surface area is 110 Å². The van der Waals surface area contributed by atoms with Crippen molar-refractivity contribution in [2.75, 3.05) is 19.8 Å². The maximum absolute atomic E-state index is 5.70. The van der Waals surface area contributed by atoms with Crippen molar-refractivity contribution in [1.82, 2.24) is 10.3 Å². The van der Waals surface area contributed by atoms with Crippen molar-refractivity contribution in [1.29, 1.82) is 0 Å². The molecular formula is C14H24N2O2. The molecule has 0 fully saturated rings. The zero-order valence-electron chi connectivity index (χ0n) is 11.6. The zero-order valence-corrected chi connectivity index (χ0v) is 11.6. The normalized spacial score (nSPS) is 12.4. The molecule has 0 spiro atoms. The number of nitrogens with one attached hydrogen (secondary N) is 1. The van der Waals surface area contributed by atoms with Crippen LogP contribution in [0.1, 0.15) is 32.8 Å². The topological polar surface area (TPSA) is 43.4 Å². The van der Waals surface area contributed by atoms with Gasteiger partial charge in [-0.3, -0.25) is 0 Å². The van der Waals surface area contributed by atoms with E-state index in [4.69, 9.17) is 9.47 Å². The minimum absolute atomic E-state index is 0.0244. The number of hydrogen-bond donors (Lipinski definition) is 1. The van der Waals surface area contributed by atoms with Gasteiger partial charge in [-0.1, -0.05) is 6.92 Å². The Balaban J connectivity index is 2.43. The van der Waals surface area contributed by atoms with Crippen molar-refractivity contribution < 1.29 is 9.47 Å². The first-order valence-electron chi connectivity index (χ1n) is 6.66. The van der Waals surface area contributed by atoms with Crippen molar-refractivity contribution in [3.63, 3.8) is 0 Å². The first-order chi connectivity index (χ1) is 8.76. The van der Waals surface area contributed by atoms with E-state index in [1.54, 1.807) is 6.20 Å². The van der Waals surface area contributed by atoms with Crippen LogP contribution in [0.15, 0.2) is 18.3 Å². The molecule has 0 saturated carbocycles. The van der Waals surface area contributed by atoms with Gasteiger partial charge in [0.05, 0.1) is 6.61 Å². The van der Waals surface area contributed by atoms with E-state index in [0.717, 1.165) is 19.5 Å². The molecular weight excluding hydrogens is 228 g/mol.